The van der Waals surface area contributed by atoms with Gasteiger partial charge in [0, 0.05) is 11.5 Å². The first-order valence-corrected chi connectivity index (χ1v) is 2.95. The molecule has 0 aromatic rings. The van der Waals surface area contributed by atoms with Crippen molar-refractivity contribution in [2.24, 2.45) is 11.1 Å². The predicted octanol–water partition coefficient (Wildman–Crippen LogP) is 1.08. The molecule has 1 aliphatic carbocycles. The largest absolute Gasteiger partial charge is 0.327 e. The maximum atomic E-state index is 12.5. The summed E-state index contributed by atoms with van der Waals surface area (Å²) in [5.74, 6) is 0. The normalized spacial score (nSPS) is 43.5. The van der Waals surface area contributed by atoms with Crippen molar-refractivity contribution in [2.45, 2.75) is 32.5 Å². The minimum absolute atomic E-state index is 0.0810. The van der Waals surface area contributed by atoms with Gasteiger partial charge in [-0.25, -0.2) is 4.39 Å². The lowest BCUT2D eigenvalue weighted by Crippen LogP contribution is -2.55. The summed E-state index contributed by atoms with van der Waals surface area (Å²) in [4.78, 5) is 0. The van der Waals surface area contributed by atoms with E-state index in [1.54, 1.807) is 0 Å². The fourth-order valence-electron chi connectivity index (χ4n) is 0.902. The van der Waals surface area contributed by atoms with Crippen LogP contribution < -0.4 is 5.73 Å². The molecule has 0 amide bonds. The fourth-order valence-corrected chi connectivity index (χ4v) is 0.902. The highest BCUT2D eigenvalue weighted by Crippen LogP contribution is 2.41. The molecule has 2 atom stereocenters. The van der Waals surface area contributed by atoms with E-state index < -0.39 is 6.17 Å². The van der Waals surface area contributed by atoms with Crippen LogP contribution in [0.15, 0.2) is 0 Å². The molecule has 0 aromatic carbocycles. The molecule has 0 spiro atoms. The summed E-state index contributed by atoms with van der Waals surface area (Å²) in [6, 6.07) is 0.0810. The highest BCUT2D eigenvalue weighted by Gasteiger charge is 2.46. The van der Waals surface area contributed by atoms with E-state index >= 15 is 0 Å². The first-order chi connectivity index (χ1) is 3.55. The summed E-state index contributed by atoms with van der Waals surface area (Å²) >= 11 is 0. The molecule has 0 aliphatic heterocycles. The topological polar surface area (TPSA) is 26.0 Å². The Kier molecular flexibility index (Phi) is 1.08. The third-order valence-electron chi connectivity index (χ3n) is 2.22. The Labute approximate surface area is 49.1 Å². The Balaban J connectivity index is 2.52. The quantitative estimate of drug-likeness (QED) is 0.505. The molecule has 2 heteroatoms. The standard InChI is InChI=1S/C6H12FN/c1-6(2)4(7)3-5(6)8/h4-5H,3,8H2,1-2H3. The summed E-state index contributed by atoms with van der Waals surface area (Å²) in [5, 5.41) is 0. The van der Waals surface area contributed by atoms with Crippen molar-refractivity contribution in [2.75, 3.05) is 0 Å². The van der Waals surface area contributed by atoms with Gasteiger partial charge in [0.25, 0.3) is 0 Å². The second-order valence-electron chi connectivity index (χ2n) is 3.13. The smallest absolute Gasteiger partial charge is 0.108 e. The SMILES string of the molecule is CC1(C)C(N)CC1F. The van der Waals surface area contributed by atoms with Crippen molar-refractivity contribution in [3.63, 3.8) is 0 Å². The number of halogens is 1. The first kappa shape index (κ1) is 6.02. The zero-order valence-electron chi connectivity index (χ0n) is 5.32. The Bertz CT molecular complexity index is 90.7. The summed E-state index contributed by atoms with van der Waals surface area (Å²) in [6.07, 6.45) is -0.120. The van der Waals surface area contributed by atoms with Crippen LogP contribution in [-0.2, 0) is 0 Å². The molecule has 1 rings (SSSR count). The van der Waals surface area contributed by atoms with Crippen LogP contribution in [0.5, 0.6) is 0 Å². The number of hydrogen-bond donors (Lipinski definition) is 1. The van der Waals surface area contributed by atoms with Gasteiger partial charge in [-0.1, -0.05) is 13.8 Å². The molecule has 0 bridgehead atoms. The molecule has 0 aromatic heterocycles. The molecule has 0 saturated heterocycles. The molecule has 8 heavy (non-hydrogen) atoms. The van der Waals surface area contributed by atoms with Gasteiger partial charge in [-0.2, -0.15) is 0 Å². The van der Waals surface area contributed by atoms with Crippen LogP contribution in [0, 0.1) is 5.41 Å². The van der Waals surface area contributed by atoms with E-state index in [0.29, 0.717) is 6.42 Å². The molecule has 1 fully saturated rings. The summed E-state index contributed by atoms with van der Waals surface area (Å²) in [5.41, 5.74) is 5.26. The van der Waals surface area contributed by atoms with Gasteiger partial charge in [0.15, 0.2) is 0 Å². The average Bonchev–Trinajstić information content (AvgIpc) is 1.68. The molecular formula is C6H12FN. The van der Waals surface area contributed by atoms with Gasteiger partial charge in [-0.3, -0.25) is 0 Å². The second kappa shape index (κ2) is 1.44. The van der Waals surface area contributed by atoms with Crippen LogP contribution in [0.3, 0.4) is 0 Å². The lowest BCUT2D eigenvalue weighted by atomic mass is 9.66. The van der Waals surface area contributed by atoms with Gasteiger partial charge in [-0.05, 0) is 6.42 Å². The van der Waals surface area contributed by atoms with E-state index in [-0.39, 0.29) is 11.5 Å². The third kappa shape index (κ3) is 0.558. The minimum atomic E-state index is -0.669. The molecule has 0 radical (unpaired) electrons. The third-order valence-corrected chi connectivity index (χ3v) is 2.22. The van der Waals surface area contributed by atoms with E-state index in [2.05, 4.69) is 0 Å². The molecule has 48 valence electrons. The van der Waals surface area contributed by atoms with Crippen molar-refractivity contribution in [3.05, 3.63) is 0 Å². The van der Waals surface area contributed by atoms with Gasteiger partial charge in [-0.15, -0.1) is 0 Å². The van der Waals surface area contributed by atoms with Gasteiger partial charge >= 0.3 is 0 Å². The van der Waals surface area contributed by atoms with Crippen molar-refractivity contribution < 1.29 is 4.39 Å². The summed E-state index contributed by atoms with van der Waals surface area (Å²) in [7, 11) is 0. The summed E-state index contributed by atoms with van der Waals surface area (Å²) < 4.78 is 12.5. The molecule has 1 aliphatic rings. The zero-order valence-corrected chi connectivity index (χ0v) is 5.32. The molecule has 2 unspecified atom stereocenters. The van der Waals surface area contributed by atoms with Crippen molar-refractivity contribution in [1.82, 2.24) is 0 Å². The molecule has 1 nitrogen and oxygen atoms in total. The summed E-state index contributed by atoms with van der Waals surface area (Å²) in [6.45, 7) is 3.73. The molecule has 0 heterocycles. The van der Waals surface area contributed by atoms with Crippen LogP contribution in [0.1, 0.15) is 20.3 Å². The number of nitrogens with two attached hydrogens (primary N) is 1. The van der Waals surface area contributed by atoms with Crippen LogP contribution in [0.2, 0.25) is 0 Å². The van der Waals surface area contributed by atoms with Gasteiger partial charge < -0.3 is 5.73 Å². The van der Waals surface area contributed by atoms with Crippen molar-refractivity contribution >= 4 is 0 Å². The van der Waals surface area contributed by atoms with Gasteiger partial charge in [0.1, 0.15) is 6.17 Å². The van der Waals surface area contributed by atoms with Crippen molar-refractivity contribution in [3.8, 4) is 0 Å². The highest BCUT2D eigenvalue weighted by atomic mass is 19.1. The van der Waals surface area contributed by atoms with Crippen LogP contribution in [-0.4, -0.2) is 12.2 Å². The van der Waals surface area contributed by atoms with Gasteiger partial charge in [0.2, 0.25) is 0 Å². The van der Waals surface area contributed by atoms with Crippen molar-refractivity contribution in [1.29, 1.82) is 0 Å². The number of rotatable bonds is 0. The highest BCUT2D eigenvalue weighted by molar-refractivity contribution is 4.99. The Morgan fingerprint density at radius 2 is 2.12 bits per heavy atom. The fraction of sp³-hybridized carbons (Fsp3) is 1.00. The van der Waals surface area contributed by atoms with Gasteiger partial charge in [0.05, 0.1) is 0 Å². The zero-order chi connectivity index (χ0) is 6.36. The lowest BCUT2D eigenvalue weighted by molar-refractivity contribution is 0.00475. The maximum absolute atomic E-state index is 12.5. The van der Waals surface area contributed by atoms with E-state index in [1.165, 1.54) is 0 Å². The second-order valence-corrected chi connectivity index (χ2v) is 3.13. The number of alkyl halides is 1. The number of hydrogen-bond acceptors (Lipinski definition) is 1. The van der Waals surface area contributed by atoms with Crippen LogP contribution >= 0.6 is 0 Å². The first-order valence-electron chi connectivity index (χ1n) is 2.95. The van der Waals surface area contributed by atoms with E-state index in [4.69, 9.17) is 5.73 Å². The monoisotopic (exact) mass is 117 g/mol. The maximum Gasteiger partial charge on any atom is 0.108 e. The Morgan fingerprint density at radius 3 is 2.12 bits per heavy atom. The Morgan fingerprint density at radius 1 is 1.62 bits per heavy atom. The minimum Gasteiger partial charge on any atom is -0.327 e. The predicted molar refractivity (Wildman–Crippen MR) is 31.3 cm³/mol. The molecule has 2 N–H and O–H groups in total. The van der Waals surface area contributed by atoms with E-state index in [9.17, 15) is 4.39 Å². The van der Waals surface area contributed by atoms with Crippen LogP contribution in [0.25, 0.3) is 0 Å². The molecular weight excluding hydrogens is 105 g/mol. The average molecular weight is 117 g/mol. The van der Waals surface area contributed by atoms with E-state index in [0.717, 1.165) is 0 Å². The molecule has 1 saturated carbocycles. The lowest BCUT2D eigenvalue weighted by Gasteiger charge is -2.45. The van der Waals surface area contributed by atoms with E-state index in [1.807, 2.05) is 13.8 Å². The Hall–Kier alpha value is -0.110. The van der Waals surface area contributed by atoms with Crippen LogP contribution in [0.4, 0.5) is 4.39 Å².